The number of carbonyl (C=O) groups excluding carboxylic acids is 1. The quantitative estimate of drug-likeness (QED) is 0.385. The number of imidazole rings is 1. The molecule has 6 nitrogen and oxygen atoms in total. The van der Waals surface area contributed by atoms with Crippen LogP contribution in [0.4, 0.5) is 8.78 Å². The van der Waals surface area contributed by atoms with Gasteiger partial charge in [-0.15, -0.1) is 0 Å². The van der Waals surface area contributed by atoms with Crippen LogP contribution in [0, 0.1) is 23.0 Å². The van der Waals surface area contributed by atoms with Gasteiger partial charge in [-0.3, -0.25) is 9.78 Å². The fourth-order valence-corrected chi connectivity index (χ4v) is 4.64. The maximum absolute atomic E-state index is 14.3. The minimum atomic E-state index is -0.570. The predicted octanol–water partition coefficient (Wildman–Crippen LogP) is 5.92. The second-order valence-corrected chi connectivity index (χ2v) is 8.57. The number of nitrogens with one attached hydrogen (secondary N) is 1. The second kappa shape index (κ2) is 9.28. The smallest absolute Gasteiger partial charge is 0.272 e. The monoisotopic (exact) mass is 489 g/mol. The van der Waals surface area contributed by atoms with Gasteiger partial charge in [0.25, 0.3) is 5.91 Å². The third-order valence-electron chi connectivity index (χ3n) is 6.02. The zero-order valence-electron chi connectivity index (χ0n) is 18.3. The largest absolute Gasteiger partial charge is 0.330 e. The van der Waals surface area contributed by atoms with Gasteiger partial charge in [0, 0.05) is 18.3 Å². The van der Waals surface area contributed by atoms with Crippen molar-refractivity contribution in [2.24, 2.45) is 0 Å². The molecule has 3 heterocycles. The van der Waals surface area contributed by atoms with Crippen LogP contribution in [-0.2, 0) is 0 Å². The van der Waals surface area contributed by atoms with E-state index >= 15 is 0 Å². The fourth-order valence-electron chi connectivity index (χ4n) is 4.38. The molecule has 0 spiro atoms. The number of nitriles is 1. The lowest BCUT2D eigenvalue weighted by molar-refractivity contribution is 0.0729. The summed E-state index contributed by atoms with van der Waals surface area (Å²) in [6, 6.07) is 15.5. The van der Waals surface area contributed by atoms with E-state index in [0.717, 1.165) is 18.4 Å². The van der Waals surface area contributed by atoms with Gasteiger partial charge in [-0.25, -0.2) is 13.8 Å². The van der Waals surface area contributed by atoms with E-state index in [1.807, 2.05) is 12.1 Å². The molecule has 1 amide bonds. The molecule has 1 fully saturated rings. The van der Waals surface area contributed by atoms with Crippen molar-refractivity contribution in [1.29, 1.82) is 5.26 Å². The first-order valence-electron chi connectivity index (χ1n) is 10.9. The molecule has 1 unspecified atom stereocenters. The summed E-state index contributed by atoms with van der Waals surface area (Å²) in [5, 5.41) is 9.73. The Kier molecular flexibility index (Phi) is 6.01. The van der Waals surface area contributed by atoms with E-state index in [4.69, 9.17) is 11.6 Å². The maximum atomic E-state index is 14.3. The Balaban J connectivity index is 1.43. The van der Waals surface area contributed by atoms with Crippen LogP contribution < -0.4 is 0 Å². The van der Waals surface area contributed by atoms with E-state index < -0.39 is 5.82 Å². The average molecular weight is 490 g/mol. The SMILES string of the molecule is N#Cc1[nH]c(-c2c(F)cccc2Cl)nc1-c1ccc(C(=O)N2CCCC2c2cccc(F)c2)nc1. The molecule has 1 aliphatic rings. The number of carbonyl (C=O) groups is 1. The second-order valence-electron chi connectivity index (χ2n) is 8.16. The number of likely N-dealkylation sites (tertiary alicyclic amines) is 1. The number of nitrogens with zero attached hydrogens (tertiary/aromatic N) is 4. The summed E-state index contributed by atoms with van der Waals surface area (Å²) in [5.41, 5.74) is 1.91. The molecular weight excluding hydrogens is 472 g/mol. The number of aromatic nitrogens is 3. The molecule has 2 aromatic carbocycles. The van der Waals surface area contributed by atoms with Gasteiger partial charge in [-0.05, 0) is 54.8 Å². The van der Waals surface area contributed by atoms with Gasteiger partial charge in [0.15, 0.2) is 0 Å². The van der Waals surface area contributed by atoms with Gasteiger partial charge < -0.3 is 9.88 Å². The highest BCUT2D eigenvalue weighted by Gasteiger charge is 2.31. The minimum absolute atomic E-state index is 0.0640. The number of hydrogen-bond donors (Lipinski definition) is 1. The molecule has 9 heteroatoms. The van der Waals surface area contributed by atoms with Crippen LogP contribution in [-0.4, -0.2) is 32.3 Å². The summed E-state index contributed by atoms with van der Waals surface area (Å²) in [6.45, 7) is 0.550. The first kappa shape index (κ1) is 22.7. The standard InChI is InChI=1S/C26H18ClF2N5O/c27-18-6-2-7-19(29)23(18)25-32-21(13-30)24(33-25)16-9-10-20(31-14-16)26(35)34-11-3-8-22(34)15-4-1-5-17(28)12-15/h1-2,4-7,9-10,12,14,22H,3,8,11H2,(H,32,33). The third kappa shape index (κ3) is 4.27. The topological polar surface area (TPSA) is 85.7 Å². The third-order valence-corrected chi connectivity index (χ3v) is 6.33. The molecule has 5 rings (SSSR count). The number of pyridine rings is 1. The zero-order chi connectivity index (χ0) is 24.5. The van der Waals surface area contributed by atoms with E-state index in [9.17, 15) is 18.8 Å². The van der Waals surface area contributed by atoms with Gasteiger partial charge in [-0.1, -0.05) is 29.8 Å². The van der Waals surface area contributed by atoms with Crippen molar-refractivity contribution < 1.29 is 13.6 Å². The summed E-state index contributed by atoms with van der Waals surface area (Å²) in [7, 11) is 0. The highest BCUT2D eigenvalue weighted by molar-refractivity contribution is 6.33. The van der Waals surface area contributed by atoms with Crippen LogP contribution in [0.15, 0.2) is 60.8 Å². The van der Waals surface area contributed by atoms with Crippen molar-refractivity contribution >= 4 is 17.5 Å². The predicted molar refractivity (Wildman–Crippen MR) is 126 cm³/mol. The molecule has 1 aliphatic heterocycles. The van der Waals surface area contributed by atoms with Crippen molar-refractivity contribution in [3.63, 3.8) is 0 Å². The lowest BCUT2D eigenvalue weighted by atomic mass is 10.0. The normalized spacial score (nSPS) is 15.3. The van der Waals surface area contributed by atoms with Crippen molar-refractivity contribution in [3.8, 4) is 28.7 Å². The first-order chi connectivity index (χ1) is 17.0. The van der Waals surface area contributed by atoms with Crippen molar-refractivity contribution in [3.05, 3.63) is 94.4 Å². The van der Waals surface area contributed by atoms with Crippen LogP contribution >= 0.6 is 11.6 Å². The number of benzene rings is 2. The van der Waals surface area contributed by atoms with Crippen LogP contribution in [0.3, 0.4) is 0 Å². The van der Waals surface area contributed by atoms with E-state index in [2.05, 4.69) is 15.0 Å². The molecule has 4 aromatic rings. The number of halogens is 3. The molecule has 0 bridgehead atoms. The average Bonchev–Trinajstić information content (AvgIpc) is 3.51. The number of aromatic amines is 1. The summed E-state index contributed by atoms with van der Waals surface area (Å²) < 4.78 is 28.1. The molecule has 0 aliphatic carbocycles. The molecule has 174 valence electrons. The van der Waals surface area contributed by atoms with Crippen LogP contribution in [0.1, 0.15) is 40.6 Å². The summed E-state index contributed by atoms with van der Waals surface area (Å²) >= 11 is 6.14. The molecule has 0 saturated carbocycles. The maximum Gasteiger partial charge on any atom is 0.272 e. The van der Waals surface area contributed by atoms with Crippen molar-refractivity contribution in [2.75, 3.05) is 6.54 Å². The summed E-state index contributed by atoms with van der Waals surface area (Å²) in [4.78, 5) is 26.4. The first-order valence-corrected chi connectivity index (χ1v) is 11.3. The van der Waals surface area contributed by atoms with Crippen LogP contribution in [0.5, 0.6) is 0 Å². The van der Waals surface area contributed by atoms with Gasteiger partial charge in [0.05, 0.1) is 16.6 Å². The lowest BCUT2D eigenvalue weighted by Gasteiger charge is -2.25. The van der Waals surface area contributed by atoms with Gasteiger partial charge >= 0.3 is 0 Å². The number of hydrogen-bond acceptors (Lipinski definition) is 4. The number of amides is 1. The van der Waals surface area contributed by atoms with E-state index in [-0.39, 0.29) is 51.3 Å². The molecule has 35 heavy (non-hydrogen) atoms. The Morgan fingerprint density at radius 3 is 2.71 bits per heavy atom. The Morgan fingerprint density at radius 1 is 1.17 bits per heavy atom. The molecule has 1 saturated heterocycles. The summed E-state index contributed by atoms with van der Waals surface area (Å²) in [5.74, 6) is -1.05. The summed E-state index contributed by atoms with van der Waals surface area (Å²) in [6.07, 6.45) is 3.00. The number of rotatable bonds is 4. The minimum Gasteiger partial charge on any atom is -0.330 e. The molecule has 2 aromatic heterocycles. The Morgan fingerprint density at radius 2 is 2.00 bits per heavy atom. The van der Waals surface area contributed by atoms with Gasteiger partial charge in [0.2, 0.25) is 0 Å². The lowest BCUT2D eigenvalue weighted by Crippen LogP contribution is -2.31. The van der Waals surface area contributed by atoms with E-state index in [0.29, 0.717) is 12.1 Å². The van der Waals surface area contributed by atoms with Crippen molar-refractivity contribution in [2.45, 2.75) is 18.9 Å². The van der Waals surface area contributed by atoms with Crippen molar-refractivity contribution in [1.82, 2.24) is 19.9 Å². The Labute approximate surface area is 204 Å². The highest BCUT2D eigenvalue weighted by atomic mass is 35.5. The molecular formula is C26H18ClF2N5O. The van der Waals surface area contributed by atoms with E-state index in [1.165, 1.54) is 36.5 Å². The zero-order valence-corrected chi connectivity index (χ0v) is 19.1. The molecule has 0 radical (unpaired) electrons. The fraction of sp³-hybridized carbons (Fsp3) is 0.154. The molecule has 1 atom stereocenters. The van der Waals surface area contributed by atoms with Crippen LogP contribution in [0.2, 0.25) is 5.02 Å². The number of H-pyrrole nitrogens is 1. The van der Waals surface area contributed by atoms with Crippen LogP contribution in [0.25, 0.3) is 22.6 Å². The van der Waals surface area contributed by atoms with Gasteiger partial charge in [0.1, 0.15) is 40.6 Å². The molecule has 1 N–H and O–H groups in total. The van der Waals surface area contributed by atoms with Gasteiger partial charge in [-0.2, -0.15) is 5.26 Å². The Bertz CT molecular complexity index is 1440. The highest BCUT2D eigenvalue weighted by Crippen LogP contribution is 2.34. The van der Waals surface area contributed by atoms with E-state index in [1.54, 1.807) is 23.1 Å². The Hall–Kier alpha value is -4.09.